The summed E-state index contributed by atoms with van der Waals surface area (Å²) >= 11 is 0. The van der Waals surface area contributed by atoms with Crippen LogP contribution in [-0.4, -0.2) is 15.7 Å². The Bertz CT molecular complexity index is 686. The molecule has 0 N–H and O–H groups in total. The molecule has 0 aliphatic heterocycles. The van der Waals surface area contributed by atoms with E-state index in [9.17, 15) is 19.3 Å². The van der Waals surface area contributed by atoms with Gasteiger partial charge in [-0.05, 0) is 24.6 Å². The maximum atomic E-state index is 13.3. The van der Waals surface area contributed by atoms with Gasteiger partial charge in [0.15, 0.2) is 5.78 Å². The van der Waals surface area contributed by atoms with Crippen molar-refractivity contribution >= 4 is 11.5 Å². The fraction of sp³-hybridized carbons (Fsp3) is 0.143. The summed E-state index contributed by atoms with van der Waals surface area (Å²) < 4.78 is 13.3. The van der Waals surface area contributed by atoms with E-state index >= 15 is 0 Å². The zero-order chi connectivity index (χ0) is 14.7. The number of hydrogen-bond acceptors (Lipinski definition) is 4. The van der Waals surface area contributed by atoms with Gasteiger partial charge in [0, 0.05) is 17.8 Å². The quantitative estimate of drug-likeness (QED) is 0.488. The molecule has 0 fully saturated rings. The predicted molar refractivity (Wildman–Crippen MR) is 70.1 cm³/mol. The topological polar surface area (TPSA) is 73.1 Å². The number of nitro groups is 1. The zero-order valence-electron chi connectivity index (χ0n) is 10.7. The van der Waals surface area contributed by atoms with Crippen molar-refractivity contribution in [3.05, 3.63) is 69.3 Å². The summed E-state index contributed by atoms with van der Waals surface area (Å²) in [6.45, 7) is 1.81. The molecule has 0 bridgehead atoms. The van der Waals surface area contributed by atoms with Crippen molar-refractivity contribution in [2.75, 3.05) is 0 Å². The largest absolute Gasteiger partial charge is 0.294 e. The number of Topliss-reactive ketones (excluding diaryl/α,β-unsaturated/α-hetero) is 1. The third-order valence-corrected chi connectivity index (χ3v) is 2.86. The summed E-state index contributed by atoms with van der Waals surface area (Å²) in [5.74, 6) is -1.21. The summed E-state index contributed by atoms with van der Waals surface area (Å²) in [5, 5.41) is 10.7. The van der Waals surface area contributed by atoms with Crippen LogP contribution < -0.4 is 0 Å². The van der Waals surface area contributed by atoms with Gasteiger partial charge in [-0.2, -0.15) is 0 Å². The Kier molecular flexibility index (Phi) is 3.84. The zero-order valence-corrected chi connectivity index (χ0v) is 10.7. The summed E-state index contributed by atoms with van der Waals surface area (Å²) in [6, 6.07) is 6.40. The first-order valence-electron chi connectivity index (χ1n) is 5.86. The second-order valence-corrected chi connectivity index (χ2v) is 4.32. The molecule has 6 heteroatoms. The molecule has 0 unspecified atom stereocenters. The molecule has 0 saturated carbocycles. The fourth-order valence-electron chi connectivity index (χ4n) is 1.80. The second kappa shape index (κ2) is 5.56. The molecule has 0 amide bonds. The fourth-order valence-corrected chi connectivity index (χ4v) is 1.80. The van der Waals surface area contributed by atoms with Gasteiger partial charge in [-0.3, -0.25) is 19.9 Å². The number of rotatable bonds is 4. The van der Waals surface area contributed by atoms with Crippen LogP contribution in [-0.2, 0) is 6.42 Å². The third-order valence-electron chi connectivity index (χ3n) is 2.86. The highest BCUT2D eigenvalue weighted by Crippen LogP contribution is 2.18. The minimum absolute atomic E-state index is 0.0206. The number of carbonyl (C=O) groups is 1. The molecule has 0 spiro atoms. The van der Waals surface area contributed by atoms with Crippen molar-refractivity contribution < 1.29 is 14.1 Å². The van der Waals surface area contributed by atoms with E-state index in [4.69, 9.17) is 0 Å². The number of nitrogens with zero attached hydrogens (tertiary/aromatic N) is 2. The van der Waals surface area contributed by atoms with Crippen LogP contribution in [0.4, 0.5) is 10.1 Å². The van der Waals surface area contributed by atoms with E-state index in [0.717, 1.165) is 23.8 Å². The van der Waals surface area contributed by atoms with Crippen LogP contribution in [0, 0.1) is 22.9 Å². The van der Waals surface area contributed by atoms with Gasteiger partial charge < -0.3 is 0 Å². The van der Waals surface area contributed by atoms with Crippen molar-refractivity contribution in [1.29, 1.82) is 0 Å². The van der Waals surface area contributed by atoms with E-state index in [-0.39, 0.29) is 12.0 Å². The molecule has 2 rings (SSSR count). The molecule has 0 atom stereocenters. The Labute approximate surface area is 114 Å². The van der Waals surface area contributed by atoms with Crippen molar-refractivity contribution in [3.8, 4) is 0 Å². The first-order chi connectivity index (χ1) is 9.47. The van der Waals surface area contributed by atoms with Crippen LogP contribution in [0.25, 0.3) is 0 Å². The smallest absolute Gasteiger partial charge is 0.273 e. The van der Waals surface area contributed by atoms with Crippen LogP contribution in [0.3, 0.4) is 0 Å². The number of aryl methyl sites for hydroxylation is 1. The number of nitro benzene ring substituents is 1. The summed E-state index contributed by atoms with van der Waals surface area (Å²) in [7, 11) is 0. The molecule has 0 aliphatic carbocycles. The molecular formula is C14H11FN2O3. The summed E-state index contributed by atoms with van der Waals surface area (Å²) in [6.07, 6.45) is 1.54. The van der Waals surface area contributed by atoms with Crippen molar-refractivity contribution in [2.24, 2.45) is 0 Å². The van der Waals surface area contributed by atoms with Crippen molar-refractivity contribution in [3.63, 3.8) is 0 Å². The van der Waals surface area contributed by atoms with Gasteiger partial charge in [0.2, 0.25) is 0 Å². The second-order valence-electron chi connectivity index (χ2n) is 4.32. The van der Waals surface area contributed by atoms with Gasteiger partial charge in [0.1, 0.15) is 5.82 Å². The highest BCUT2D eigenvalue weighted by Gasteiger charge is 2.16. The number of aromatic nitrogens is 1. The van der Waals surface area contributed by atoms with E-state index < -0.39 is 22.2 Å². The maximum Gasteiger partial charge on any atom is 0.273 e. The SMILES string of the molecule is Cc1cccnc1CC(=O)c1cc(F)cc([N+](=O)[O-])c1. The molecule has 20 heavy (non-hydrogen) atoms. The lowest BCUT2D eigenvalue weighted by molar-refractivity contribution is -0.385. The predicted octanol–water partition coefficient (Wildman–Crippen LogP) is 2.86. The highest BCUT2D eigenvalue weighted by molar-refractivity contribution is 5.98. The van der Waals surface area contributed by atoms with E-state index in [1.54, 1.807) is 12.3 Å². The number of non-ortho nitro benzene ring substituents is 1. The highest BCUT2D eigenvalue weighted by atomic mass is 19.1. The summed E-state index contributed by atoms with van der Waals surface area (Å²) in [5.41, 5.74) is 0.948. The lowest BCUT2D eigenvalue weighted by Gasteiger charge is -2.04. The average Bonchev–Trinajstić information content (AvgIpc) is 2.40. The number of halogens is 1. The minimum Gasteiger partial charge on any atom is -0.294 e. The number of benzene rings is 1. The molecule has 102 valence electrons. The Hall–Kier alpha value is -2.63. The molecular weight excluding hydrogens is 263 g/mol. The Balaban J connectivity index is 2.30. The monoisotopic (exact) mass is 274 g/mol. The van der Waals surface area contributed by atoms with Crippen molar-refractivity contribution in [2.45, 2.75) is 13.3 Å². The average molecular weight is 274 g/mol. The molecule has 0 saturated heterocycles. The van der Waals surface area contributed by atoms with Gasteiger partial charge in [-0.1, -0.05) is 6.07 Å². The molecule has 0 aliphatic rings. The minimum atomic E-state index is -0.805. The van der Waals surface area contributed by atoms with Crippen LogP contribution >= 0.6 is 0 Å². The molecule has 1 aromatic carbocycles. The van der Waals surface area contributed by atoms with Gasteiger partial charge in [-0.15, -0.1) is 0 Å². The number of ketones is 1. The third kappa shape index (κ3) is 3.03. The standard InChI is InChI=1S/C14H11FN2O3/c1-9-3-2-4-16-13(9)8-14(18)10-5-11(15)7-12(6-10)17(19)20/h2-7H,8H2,1H3. The van der Waals surface area contributed by atoms with Crippen molar-refractivity contribution in [1.82, 2.24) is 4.98 Å². The molecule has 1 heterocycles. The van der Waals surface area contributed by atoms with E-state index in [2.05, 4.69) is 4.98 Å². The van der Waals surface area contributed by atoms with Crippen LogP contribution in [0.5, 0.6) is 0 Å². The molecule has 1 aromatic heterocycles. The molecule has 0 radical (unpaired) electrons. The van der Waals surface area contributed by atoms with E-state index in [1.807, 2.05) is 13.0 Å². The van der Waals surface area contributed by atoms with Gasteiger partial charge in [-0.25, -0.2) is 4.39 Å². The summed E-state index contributed by atoms with van der Waals surface area (Å²) in [4.78, 5) is 26.1. The number of hydrogen-bond donors (Lipinski definition) is 0. The molecule has 2 aromatic rings. The number of carbonyl (C=O) groups excluding carboxylic acids is 1. The lowest BCUT2D eigenvalue weighted by atomic mass is 10.0. The van der Waals surface area contributed by atoms with Gasteiger partial charge in [0.05, 0.1) is 23.1 Å². The van der Waals surface area contributed by atoms with E-state index in [1.165, 1.54) is 0 Å². The molecule has 5 nitrogen and oxygen atoms in total. The Morgan fingerprint density at radius 1 is 1.40 bits per heavy atom. The van der Waals surface area contributed by atoms with Crippen LogP contribution in [0.2, 0.25) is 0 Å². The first kappa shape index (κ1) is 13.8. The van der Waals surface area contributed by atoms with E-state index in [0.29, 0.717) is 5.69 Å². The lowest BCUT2D eigenvalue weighted by Crippen LogP contribution is -2.07. The normalized spacial score (nSPS) is 10.3. The Morgan fingerprint density at radius 2 is 2.15 bits per heavy atom. The van der Waals surface area contributed by atoms with Gasteiger partial charge >= 0.3 is 0 Å². The van der Waals surface area contributed by atoms with Gasteiger partial charge in [0.25, 0.3) is 5.69 Å². The van der Waals surface area contributed by atoms with Crippen LogP contribution in [0.15, 0.2) is 36.5 Å². The Morgan fingerprint density at radius 3 is 2.80 bits per heavy atom. The first-order valence-corrected chi connectivity index (χ1v) is 5.86. The van der Waals surface area contributed by atoms with Crippen LogP contribution in [0.1, 0.15) is 21.6 Å². The maximum absolute atomic E-state index is 13.3. The number of pyridine rings is 1.